The lowest BCUT2D eigenvalue weighted by Crippen LogP contribution is -2.18. The predicted octanol–water partition coefficient (Wildman–Crippen LogP) is 6.60. The third-order valence-corrected chi connectivity index (χ3v) is 6.12. The third-order valence-electron chi connectivity index (χ3n) is 4.63. The molecule has 3 rings (SSSR count). The molecule has 0 saturated heterocycles. The van der Waals surface area contributed by atoms with Crippen molar-refractivity contribution in [3.8, 4) is 0 Å². The second-order valence-corrected chi connectivity index (χ2v) is 8.49. The summed E-state index contributed by atoms with van der Waals surface area (Å²) in [5, 5.41) is 0. The molecule has 134 valence electrons. The second kappa shape index (κ2) is 8.79. The summed E-state index contributed by atoms with van der Waals surface area (Å²) in [7, 11) is 0. The van der Waals surface area contributed by atoms with Gasteiger partial charge in [-0.15, -0.1) is 23.5 Å². The van der Waals surface area contributed by atoms with Crippen molar-refractivity contribution in [3.63, 3.8) is 0 Å². The van der Waals surface area contributed by atoms with E-state index < -0.39 is 0 Å². The standard InChI is InChI=1S/C23H24OS2/c1-16-12-19(14-17-4-8-21(25-2)9-5-17)23(24)20(13-16)15-18-6-10-22(26-3)11-7-18/h4-11,14-16H,12-13H2,1-3H3/b19-14-,20-15+. The zero-order chi connectivity index (χ0) is 18.5. The topological polar surface area (TPSA) is 17.1 Å². The molecule has 26 heavy (non-hydrogen) atoms. The molecule has 1 atom stereocenters. The summed E-state index contributed by atoms with van der Waals surface area (Å²) >= 11 is 3.46. The molecular formula is C23H24OS2. The number of carbonyl (C=O) groups excluding carboxylic acids is 1. The van der Waals surface area contributed by atoms with E-state index >= 15 is 0 Å². The number of Topliss-reactive ketones (excluding diaryl/α,β-unsaturated/α-hetero) is 1. The summed E-state index contributed by atoms with van der Waals surface area (Å²) in [6.45, 7) is 2.22. The van der Waals surface area contributed by atoms with Gasteiger partial charge < -0.3 is 0 Å². The van der Waals surface area contributed by atoms with E-state index in [4.69, 9.17) is 0 Å². The fourth-order valence-electron chi connectivity index (χ4n) is 3.27. The maximum Gasteiger partial charge on any atom is 0.185 e. The van der Waals surface area contributed by atoms with Gasteiger partial charge in [0.2, 0.25) is 0 Å². The maximum atomic E-state index is 13.0. The van der Waals surface area contributed by atoms with Crippen LogP contribution in [0.2, 0.25) is 0 Å². The number of carbonyl (C=O) groups is 1. The Morgan fingerprint density at radius 3 is 1.50 bits per heavy atom. The first-order chi connectivity index (χ1) is 12.6. The summed E-state index contributed by atoms with van der Waals surface area (Å²) in [6, 6.07) is 16.8. The molecular weight excluding hydrogens is 356 g/mol. The van der Waals surface area contributed by atoms with Crippen molar-refractivity contribution >= 4 is 41.5 Å². The molecule has 2 aromatic rings. The van der Waals surface area contributed by atoms with Gasteiger partial charge >= 0.3 is 0 Å². The van der Waals surface area contributed by atoms with Crippen molar-refractivity contribution in [3.05, 3.63) is 70.8 Å². The molecule has 3 heteroatoms. The van der Waals surface area contributed by atoms with Gasteiger partial charge in [-0.3, -0.25) is 4.79 Å². The Balaban J connectivity index is 1.86. The Morgan fingerprint density at radius 2 is 1.15 bits per heavy atom. The molecule has 2 aromatic carbocycles. The Kier molecular flexibility index (Phi) is 6.44. The highest BCUT2D eigenvalue weighted by Gasteiger charge is 2.25. The number of hydrogen-bond acceptors (Lipinski definition) is 3. The molecule has 1 aliphatic rings. The number of hydrogen-bond donors (Lipinski definition) is 0. The van der Waals surface area contributed by atoms with Crippen LogP contribution in [0.25, 0.3) is 12.2 Å². The van der Waals surface area contributed by atoms with Crippen LogP contribution in [0, 0.1) is 5.92 Å². The lowest BCUT2D eigenvalue weighted by Gasteiger charge is -2.22. The molecule has 1 saturated carbocycles. The summed E-state index contributed by atoms with van der Waals surface area (Å²) in [6.07, 6.45) is 9.97. The van der Waals surface area contributed by atoms with Gasteiger partial charge in [-0.05, 0) is 78.8 Å². The fraction of sp³-hybridized carbons (Fsp3) is 0.261. The van der Waals surface area contributed by atoms with E-state index in [1.54, 1.807) is 23.5 Å². The molecule has 0 radical (unpaired) electrons. The van der Waals surface area contributed by atoms with Gasteiger partial charge in [0.05, 0.1) is 0 Å². The minimum absolute atomic E-state index is 0.200. The molecule has 0 aromatic heterocycles. The molecule has 1 nitrogen and oxygen atoms in total. The van der Waals surface area contributed by atoms with E-state index in [-0.39, 0.29) is 5.78 Å². The van der Waals surface area contributed by atoms with Crippen LogP contribution in [0.1, 0.15) is 30.9 Å². The van der Waals surface area contributed by atoms with E-state index in [0.717, 1.165) is 35.1 Å². The monoisotopic (exact) mass is 380 g/mol. The smallest absolute Gasteiger partial charge is 0.185 e. The number of thioether (sulfide) groups is 2. The largest absolute Gasteiger partial charge is 0.289 e. The van der Waals surface area contributed by atoms with Crippen molar-refractivity contribution in [2.45, 2.75) is 29.6 Å². The average Bonchev–Trinajstić information content (AvgIpc) is 2.66. The van der Waals surface area contributed by atoms with Crippen LogP contribution in [0.4, 0.5) is 0 Å². The van der Waals surface area contributed by atoms with E-state index in [2.05, 4.69) is 80.1 Å². The number of allylic oxidation sites excluding steroid dienone is 2. The van der Waals surface area contributed by atoms with Gasteiger partial charge in [0.15, 0.2) is 5.78 Å². The van der Waals surface area contributed by atoms with E-state index in [1.807, 2.05) is 0 Å². The lowest BCUT2D eigenvalue weighted by molar-refractivity contribution is -0.113. The van der Waals surface area contributed by atoms with Crippen molar-refractivity contribution in [2.75, 3.05) is 12.5 Å². The van der Waals surface area contributed by atoms with E-state index in [9.17, 15) is 4.79 Å². The first kappa shape index (κ1) is 19.1. The van der Waals surface area contributed by atoms with Crippen LogP contribution >= 0.6 is 23.5 Å². The van der Waals surface area contributed by atoms with Gasteiger partial charge in [-0.25, -0.2) is 0 Å². The van der Waals surface area contributed by atoms with Gasteiger partial charge in [-0.2, -0.15) is 0 Å². The van der Waals surface area contributed by atoms with Crippen molar-refractivity contribution in [1.29, 1.82) is 0 Å². The molecule has 1 aliphatic carbocycles. The number of ketones is 1. The fourth-order valence-corrected chi connectivity index (χ4v) is 4.08. The first-order valence-electron chi connectivity index (χ1n) is 8.83. The maximum absolute atomic E-state index is 13.0. The predicted molar refractivity (Wildman–Crippen MR) is 116 cm³/mol. The highest BCUT2D eigenvalue weighted by atomic mass is 32.2. The highest BCUT2D eigenvalue weighted by Crippen LogP contribution is 2.32. The van der Waals surface area contributed by atoms with Crippen LogP contribution in [0.3, 0.4) is 0 Å². The lowest BCUT2D eigenvalue weighted by atomic mass is 9.81. The Bertz CT molecular complexity index is 760. The molecule has 0 N–H and O–H groups in total. The average molecular weight is 381 g/mol. The van der Waals surface area contributed by atoms with Crippen molar-refractivity contribution in [1.82, 2.24) is 0 Å². The molecule has 0 heterocycles. The number of benzene rings is 2. The molecule has 1 unspecified atom stereocenters. The van der Waals surface area contributed by atoms with Crippen LogP contribution in [-0.2, 0) is 4.79 Å². The highest BCUT2D eigenvalue weighted by molar-refractivity contribution is 7.98. The minimum atomic E-state index is 0.200. The van der Waals surface area contributed by atoms with Crippen LogP contribution in [0.5, 0.6) is 0 Å². The normalized spacial score (nSPS) is 20.7. The second-order valence-electron chi connectivity index (χ2n) is 6.73. The van der Waals surface area contributed by atoms with Crippen LogP contribution < -0.4 is 0 Å². The van der Waals surface area contributed by atoms with Gasteiger partial charge in [0.1, 0.15) is 0 Å². The van der Waals surface area contributed by atoms with E-state index in [1.165, 1.54) is 9.79 Å². The molecule has 0 aliphatic heterocycles. The van der Waals surface area contributed by atoms with Crippen molar-refractivity contribution < 1.29 is 4.79 Å². The minimum Gasteiger partial charge on any atom is -0.289 e. The van der Waals surface area contributed by atoms with Crippen LogP contribution in [-0.4, -0.2) is 18.3 Å². The molecule has 0 amide bonds. The summed E-state index contributed by atoms with van der Waals surface area (Å²) in [5.41, 5.74) is 4.05. The SMILES string of the molecule is CSc1ccc(/C=C2/CC(C)C/C(=C\c3ccc(SC)cc3)C2=O)cc1. The van der Waals surface area contributed by atoms with Gasteiger partial charge in [-0.1, -0.05) is 31.2 Å². The van der Waals surface area contributed by atoms with Gasteiger partial charge in [0.25, 0.3) is 0 Å². The zero-order valence-electron chi connectivity index (χ0n) is 15.5. The Hall–Kier alpha value is -1.71. The number of rotatable bonds is 4. The molecule has 0 bridgehead atoms. The van der Waals surface area contributed by atoms with E-state index in [0.29, 0.717) is 5.92 Å². The quantitative estimate of drug-likeness (QED) is 0.439. The van der Waals surface area contributed by atoms with Crippen molar-refractivity contribution in [2.24, 2.45) is 5.92 Å². The molecule has 1 fully saturated rings. The zero-order valence-corrected chi connectivity index (χ0v) is 17.1. The first-order valence-corrected chi connectivity index (χ1v) is 11.3. The summed E-state index contributed by atoms with van der Waals surface area (Å²) in [5.74, 6) is 0.687. The Morgan fingerprint density at radius 1 is 0.769 bits per heavy atom. The third kappa shape index (κ3) is 4.72. The summed E-state index contributed by atoms with van der Waals surface area (Å²) in [4.78, 5) is 15.5. The Labute approximate surface area is 165 Å². The van der Waals surface area contributed by atoms with Gasteiger partial charge in [0, 0.05) is 20.9 Å². The molecule has 0 spiro atoms. The summed E-state index contributed by atoms with van der Waals surface area (Å²) < 4.78 is 0. The van der Waals surface area contributed by atoms with Crippen LogP contribution in [0.15, 0.2) is 69.5 Å².